The van der Waals surface area contributed by atoms with Gasteiger partial charge in [0.05, 0.1) is 17.1 Å². The molecule has 7 nitrogen and oxygen atoms in total. The van der Waals surface area contributed by atoms with Gasteiger partial charge in [-0.05, 0) is 57.2 Å². The van der Waals surface area contributed by atoms with Crippen molar-refractivity contribution in [3.05, 3.63) is 52.2 Å². The molecule has 0 radical (unpaired) electrons. The standard InChI is InChI=1S/C24H30N4O3S2/c1-15-10-12-28(13-11-15)24(29)22-17(3)25-23(32-22)20-14-21(18(4)27(20)5)33(30,31)26-19-9-7-6-8-16(19)2/h6-9,14-15,26H,10-13H2,1-5H3. The molecular weight excluding hydrogens is 456 g/mol. The molecule has 2 aromatic heterocycles. The number of carbonyl (C=O) groups excluding carboxylic acids is 1. The van der Waals surface area contributed by atoms with E-state index in [1.165, 1.54) is 11.3 Å². The first kappa shape index (κ1) is 23.5. The van der Waals surface area contributed by atoms with Gasteiger partial charge in [0.2, 0.25) is 0 Å². The van der Waals surface area contributed by atoms with Gasteiger partial charge in [0.15, 0.2) is 0 Å². The Morgan fingerprint density at radius 2 is 1.82 bits per heavy atom. The van der Waals surface area contributed by atoms with Gasteiger partial charge in [-0.3, -0.25) is 9.52 Å². The largest absolute Gasteiger partial charge is 0.345 e. The maximum absolute atomic E-state index is 13.2. The number of rotatable bonds is 5. The lowest BCUT2D eigenvalue weighted by Crippen LogP contribution is -2.37. The number of sulfonamides is 1. The summed E-state index contributed by atoms with van der Waals surface area (Å²) in [6.45, 7) is 9.23. The molecule has 1 N–H and O–H groups in total. The number of piperidine rings is 1. The van der Waals surface area contributed by atoms with Gasteiger partial charge in [0, 0.05) is 25.8 Å². The second kappa shape index (κ2) is 8.95. The fourth-order valence-corrected chi connectivity index (χ4v) is 6.60. The fraction of sp³-hybridized carbons (Fsp3) is 0.417. The number of thiazole rings is 1. The Kier molecular flexibility index (Phi) is 6.37. The maximum Gasteiger partial charge on any atom is 0.265 e. The van der Waals surface area contributed by atoms with Crippen molar-refractivity contribution in [3.63, 3.8) is 0 Å². The maximum atomic E-state index is 13.2. The molecule has 4 rings (SSSR count). The van der Waals surface area contributed by atoms with Crippen molar-refractivity contribution in [2.24, 2.45) is 13.0 Å². The summed E-state index contributed by atoms with van der Waals surface area (Å²) in [5.41, 5.74) is 3.37. The van der Waals surface area contributed by atoms with Crippen molar-refractivity contribution in [3.8, 4) is 10.7 Å². The van der Waals surface area contributed by atoms with Gasteiger partial charge >= 0.3 is 0 Å². The van der Waals surface area contributed by atoms with E-state index >= 15 is 0 Å². The molecule has 1 amide bonds. The zero-order valence-corrected chi connectivity index (χ0v) is 21.3. The second-order valence-electron chi connectivity index (χ2n) is 8.87. The van der Waals surface area contributed by atoms with E-state index in [4.69, 9.17) is 0 Å². The predicted molar refractivity (Wildman–Crippen MR) is 132 cm³/mol. The number of aryl methyl sites for hydroxylation is 2. The van der Waals surface area contributed by atoms with E-state index in [2.05, 4.69) is 16.6 Å². The number of nitrogens with one attached hydrogen (secondary N) is 1. The number of likely N-dealkylation sites (tertiary alicyclic amines) is 1. The number of carbonyl (C=O) groups is 1. The number of hydrogen-bond donors (Lipinski definition) is 1. The highest BCUT2D eigenvalue weighted by molar-refractivity contribution is 7.92. The van der Waals surface area contributed by atoms with Crippen LogP contribution in [-0.2, 0) is 17.1 Å². The van der Waals surface area contributed by atoms with E-state index in [0.717, 1.165) is 31.5 Å². The molecule has 176 valence electrons. The first-order valence-corrected chi connectivity index (χ1v) is 13.4. The fourth-order valence-electron chi connectivity index (χ4n) is 4.10. The molecule has 1 aliphatic heterocycles. The zero-order valence-electron chi connectivity index (χ0n) is 19.7. The highest BCUT2D eigenvalue weighted by Crippen LogP contribution is 2.34. The van der Waals surface area contributed by atoms with Crippen LogP contribution in [0.25, 0.3) is 10.7 Å². The van der Waals surface area contributed by atoms with Crippen LogP contribution in [0.4, 0.5) is 5.69 Å². The van der Waals surface area contributed by atoms with Gasteiger partial charge in [-0.2, -0.15) is 0 Å². The lowest BCUT2D eigenvalue weighted by Gasteiger charge is -2.30. The van der Waals surface area contributed by atoms with Crippen molar-refractivity contribution >= 4 is 33.0 Å². The summed E-state index contributed by atoms with van der Waals surface area (Å²) in [5.74, 6) is 0.662. The van der Waals surface area contributed by atoms with Crippen LogP contribution in [0.3, 0.4) is 0 Å². The molecule has 9 heteroatoms. The molecule has 1 fully saturated rings. The van der Waals surface area contributed by atoms with E-state index in [1.807, 2.05) is 42.5 Å². The Hall–Kier alpha value is -2.65. The summed E-state index contributed by atoms with van der Waals surface area (Å²) >= 11 is 1.33. The van der Waals surface area contributed by atoms with Crippen LogP contribution in [0.15, 0.2) is 35.2 Å². The van der Waals surface area contributed by atoms with Crippen molar-refractivity contribution in [1.82, 2.24) is 14.5 Å². The van der Waals surface area contributed by atoms with Crippen LogP contribution in [0.1, 0.15) is 46.4 Å². The van der Waals surface area contributed by atoms with Gasteiger partial charge in [-0.1, -0.05) is 25.1 Å². The number of amides is 1. The Morgan fingerprint density at radius 1 is 1.15 bits per heavy atom. The topological polar surface area (TPSA) is 84.3 Å². The molecule has 1 aliphatic rings. The van der Waals surface area contributed by atoms with Crippen molar-refractivity contribution in [2.45, 2.75) is 45.4 Å². The molecule has 1 aromatic carbocycles. The molecule has 0 atom stereocenters. The Morgan fingerprint density at radius 3 is 2.48 bits per heavy atom. The molecule has 0 bridgehead atoms. The summed E-state index contributed by atoms with van der Waals surface area (Å²) in [6.07, 6.45) is 2.03. The van der Waals surface area contributed by atoms with Crippen LogP contribution in [0, 0.1) is 26.7 Å². The summed E-state index contributed by atoms with van der Waals surface area (Å²) in [6, 6.07) is 8.92. The summed E-state index contributed by atoms with van der Waals surface area (Å²) in [4.78, 5) is 20.5. The lowest BCUT2D eigenvalue weighted by atomic mass is 9.99. The zero-order chi connectivity index (χ0) is 23.9. The van der Waals surface area contributed by atoms with Crippen LogP contribution in [0.5, 0.6) is 0 Å². The van der Waals surface area contributed by atoms with Crippen molar-refractivity contribution in [1.29, 1.82) is 0 Å². The third-order valence-electron chi connectivity index (χ3n) is 6.45. The number of hydrogen-bond acceptors (Lipinski definition) is 5. The minimum atomic E-state index is -3.79. The summed E-state index contributed by atoms with van der Waals surface area (Å²) in [5, 5.41) is 0.643. The van der Waals surface area contributed by atoms with E-state index in [-0.39, 0.29) is 10.8 Å². The SMILES string of the molecule is Cc1ccccc1NS(=O)(=O)c1cc(-c2nc(C)c(C(=O)N3CCC(C)CC3)s2)n(C)c1C. The first-order chi connectivity index (χ1) is 15.6. The van der Waals surface area contributed by atoms with E-state index in [1.54, 1.807) is 25.1 Å². The van der Waals surface area contributed by atoms with Gasteiger partial charge < -0.3 is 9.47 Å². The molecule has 1 saturated heterocycles. The van der Waals surface area contributed by atoms with Gasteiger partial charge in [0.25, 0.3) is 15.9 Å². The van der Waals surface area contributed by atoms with E-state index < -0.39 is 10.0 Å². The summed E-state index contributed by atoms with van der Waals surface area (Å²) < 4.78 is 30.9. The molecule has 0 saturated carbocycles. The van der Waals surface area contributed by atoms with Crippen LogP contribution < -0.4 is 4.72 Å². The van der Waals surface area contributed by atoms with E-state index in [9.17, 15) is 13.2 Å². The van der Waals surface area contributed by atoms with Gasteiger partial charge in [-0.15, -0.1) is 11.3 Å². The summed E-state index contributed by atoms with van der Waals surface area (Å²) in [7, 11) is -1.97. The Labute approximate surface area is 199 Å². The van der Waals surface area contributed by atoms with Crippen molar-refractivity contribution < 1.29 is 13.2 Å². The van der Waals surface area contributed by atoms with Gasteiger partial charge in [-0.25, -0.2) is 13.4 Å². The third kappa shape index (κ3) is 4.56. The molecule has 0 spiro atoms. The van der Waals surface area contributed by atoms with Crippen LogP contribution in [-0.4, -0.2) is 41.9 Å². The average molecular weight is 487 g/mol. The number of benzene rings is 1. The minimum absolute atomic E-state index is 0.0168. The normalized spacial score (nSPS) is 15.1. The van der Waals surface area contributed by atoms with Crippen LogP contribution in [0.2, 0.25) is 0 Å². The molecule has 0 aliphatic carbocycles. The number of nitrogens with zero attached hydrogens (tertiary/aromatic N) is 3. The number of aromatic nitrogens is 2. The second-order valence-corrected chi connectivity index (χ2v) is 11.5. The molecule has 0 unspecified atom stereocenters. The first-order valence-electron chi connectivity index (χ1n) is 11.1. The third-order valence-corrected chi connectivity index (χ3v) is 9.10. The predicted octanol–water partition coefficient (Wildman–Crippen LogP) is 4.75. The Balaban J connectivity index is 1.65. The van der Waals surface area contributed by atoms with Crippen molar-refractivity contribution in [2.75, 3.05) is 17.8 Å². The molecule has 3 heterocycles. The smallest absolute Gasteiger partial charge is 0.265 e. The number of anilines is 1. The molecule has 3 aromatic rings. The number of para-hydroxylation sites is 1. The van der Waals surface area contributed by atoms with E-state index in [0.29, 0.717) is 38.6 Å². The van der Waals surface area contributed by atoms with Gasteiger partial charge in [0.1, 0.15) is 14.8 Å². The quantitative estimate of drug-likeness (QED) is 0.564. The molecule has 33 heavy (non-hydrogen) atoms. The highest BCUT2D eigenvalue weighted by atomic mass is 32.2. The molecular formula is C24H30N4O3S2. The minimum Gasteiger partial charge on any atom is -0.345 e. The van der Waals surface area contributed by atoms with Crippen LogP contribution >= 0.6 is 11.3 Å². The highest BCUT2D eigenvalue weighted by Gasteiger charge is 2.28. The lowest BCUT2D eigenvalue weighted by molar-refractivity contribution is 0.0701. The monoisotopic (exact) mass is 486 g/mol. The average Bonchev–Trinajstić information content (AvgIpc) is 3.30. The Bertz CT molecular complexity index is 1300.